The van der Waals surface area contributed by atoms with Crippen LogP contribution in [0.3, 0.4) is 0 Å². The lowest BCUT2D eigenvalue weighted by molar-refractivity contribution is 0.0687. The minimum Gasteiger partial charge on any atom is -0.494 e. The van der Waals surface area contributed by atoms with Crippen molar-refractivity contribution < 1.29 is 14.6 Å². The van der Waals surface area contributed by atoms with Gasteiger partial charge >= 0.3 is 5.97 Å². The summed E-state index contributed by atoms with van der Waals surface area (Å²) in [5.41, 5.74) is 1.80. The molecule has 7 heteroatoms. The number of aromatic carboxylic acids is 1. The number of nitrogens with zero attached hydrogens (tertiary/aromatic N) is 3. The van der Waals surface area contributed by atoms with Gasteiger partial charge in [-0.2, -0.15) is 9.61 Å². The highest BCUT2D eigenvalue weighted by atomic mass is 32.1. The maximum Gasteiger partial charge on any atom is 0.356 e. The molecule has 3 rings (SSSR count). The van der Waals surface area contributed by atoms with Gasteiger partial charge in [0, 0.05) is 6.42 Å². The third kappa shape index (κ3) is 3.34. The Kier molecular flexibility index (Phi) is 4.29. The number of carboxylic acid groups (broad SMARTS) is 1. The number of imidazole rings is 1. The molecule has 0 fully saturated rings. The standard InChI is InChI=1S/C16H17N3O3S/c1-10-5-3-6-12(9-10)22-8-4-7-13-18-19-14(15(20)21)11(2)17-16(19)23-13/h3,5-6,9H,4,7-8H2,1-2H3,(H,20,21). The molecule has 0 aliphatic rings. The Morgan fingerprint density at radius 2 is 2.22 bits per heavy atom. The Morgan fingerprint density at radius 3 is 2.96 bits per heavy atom. The monoisotopic (exact) mass is 331 g/mol. The summed E-state index contributed by atoms with van der Waals surface area (Å²) >= 11 is 1.42. The molecule has 3 aromatic rings. The maximum absolute atomic E-state index is 11.2. The summed E-state index contributed by atoms with van der Waals surface area (Å²) in [4.78, 5) is 16.1. The quantitative estimate of drug-likeness (QED) is 0.702. The average molecular weight is 331 g/mol. The van der Waals surface area contributed by atoms with Gasteiger partial charge in [0.15, 0.2) is 5.69 Å². The van der Waals surface area contributed by atoms with Gasteiger partial charge in [0.1, 0.15) is 10.8 Å². The van der Waals surface area contributed by atoms with Crippen molar-refractivity contribution in [3.8, 4) is 5.75 Å². The minimum atomic E-state index is -1.00. The molecule has 0 radical (unpaired) electrons. The second-order valence-corrected chi connectivity index (χ2v) is 6.35. The molecule has 120 valence electrons. The van der Waals surface area contributed by atoms with Crippen LogP contribution in [0, 0.1) is 13.8 Å². The van der Waals surface area contributed by atoms with Gasteiger partial charge in [0.2, 0.25) is 4.96 Å². The van der Waals surface area contributed by atoms with Gasteiger partial charge in [-0.15, -0.1) is 0 Å². The van der Waals surface area contributed by atoms with E-state index < -0.39 is 5.97 Å². The Hall–Kier alpha value is -2.41. The lowest BCUT2D eigenvalue weighted by Gasteiger charge is -2.05. The fraction of sp³-hybridized carbons (Fsp3) is 0.312. The van der Waals surface area contributed by atoms with Gasteiger partial charge in [-0.1, -0.05) is 23.5 Å². The zero-order valence-corrected chi connectivity index (χ0v) is 13.8. The van der Waals surface area contributed by atoms with Crippen LogP contribution in [0.15, 0.2) is 24.3 Å². The Balaban J connectivity index is 1.60. The molecule has 23 heavy (non-hydrogen) atoms. The minimum absolute atomic E-state index is 0.138. The first kappa shape index (κ1) is 15.5. The zero-order chi connectivity index (χ0) is 16.4. The van der Waals surface area contributed by atoms with Gasteiger partial charge in [-0.25, -0.2) is 9.78 Å². The Morgan fingerprint density at radius 1 is 1.39 bits per heavy atom. The molecule has 1 aromatic carbocycles. The van der Waals surface area contributed by atoms with Gasteiger partial charge in [-0.3, -0.25) is 0 Å². The van der Waals surface area contributed by atoms with Crippen LogP contribution in [0.1, 0.15) is 33.2 Å². The van der Waals surface area contributed by atoms with Crippen LogP contribution in [-0.2, 0) is 6.42 Å². The molecule has 0 atom stereocenters. The van der Waals surface area contributed by atoms with E-state index in [1.165, 1.54) is 21.4 Å². The van der Waals surface area contributed by atoms with Crippen LogP contribution >= 0.6 is 11.3 Å². The van der Waals surface area contributed by atoms with Gasteiger partial charge in [0.25, 0.3) is 0 Å². The van der Waals surface area contributed by atoms with E-state index in [2.05, 4.69) is 10.1 Å². The Bertz CT molecular complexity index is 853. The number of hydrogen-bond acceptors (Lipinski definition) is 5. The van der Waals surface area contributed by atoms with E-state index in [9.17, 15) is 9.90 Å². The van der Waals surface area contributed by atoms with E-state index in [1.807, 2.05) is 31.2 Å². The highest BCUT2D eigenvalue weighted by Gasteiger charge is 2.19. The van der Waals surface area contributed by atoms with Crippen LogP contribution in [0.4, 0.5) is 0 Å². The van der Waals surface area contributed by atoms with E-state index in [0.29, 0.717) is 17.3 Å². The van der Waals surface area contributed by atoms with Crippen LogP contribution < -0.4 is 4.74 Å². The number of aromatic nitrogens is 3. The van der Waals surface area contributed by atoms with Gasteiger partial charge in [0.05, 0.1) is 12.3 Å². The number of benzene rings is 1. The second kappa shape index (κ2) is 6.37. The fourth-order valence-electron chi connectivity index (χ4n) is 2.35. The molecule has 0 amide bonds. The lowest BCUT2D eigenvalue weighted by Crippen LogP contribution is -2.05. The average Bonchev–Trinajstić information content (AvgIpc) is 2.99. The molecule has 0 bridgehead atoms. The van der Waals surface area contributed by atoms with Gasteiger partial charge in [-0.05, 0) is 38.0 Å². The van der Waals surface area contributed by atoms with Crippen LogP contribution in [-0.4, -0.2) is 32.3 Å². The summed E-state index contributed by atoms with van der Waals surface area (Å²) in [7, 11) is 0. The van der Waals surface area contributed by atoms with Crippen LogP contribution in [0.2, 0.25) is 0 Å². The summed E-state index contributed by atoms with van der Waals surface area (Å²) in [6.45, 7) is 4.30. The molecular weight excluding hydrogens is 314 g/mol. The third-order valence-corrected chi connectivity index (χ3v) is 4.38. The van der Waals surface area contributed by atoms with E-state index in [4.69, 9.17) is 4.74 Å². The summed E-state index contributed by atoms with van der Waals surface area (Å²) in [6, 6.07) is 7.93. The van der Waals surface area contributed by atoms with E-state index in [-0.39, 0.29) is 5.69 Å². The van der Waals surface area contributed by atoms with Crippen molar-refractivity contribution in [3.63, 3.8) is 0 Å². The van der Waals surface area contributed by atoms with Crippen molar-refractivity contribution in [2.45, 2.75) is 26.7 Å². The number of fused-ring (bicyclic) bond motifs is 1. The van der Waals surface area contributed by atoms with E-state index in [1.54, 1.807) is 6.92 Å². The van der Waals surface area contributed by atoms with Crippen molar-refractivity contribution >= 4 is 22.3 Å². The molecule has 0 aliphatic heterocycles. The highest BCUT2D eigenvalue weighted by molar-refractivity contribution is 7.16. The molecule has 1 N–H and O–H groups in total. The fourth-order valence-corrected chi connectivity index (χ4v) is 3.33. The first-order chi connectivity index (χ1) is 11.0. The largest absolute Gasteiger partial charge is 0.494 e. The third-order valence-electron chi connectivity index (χ3n) is 3.42. The number of carboxylic acids is 1. The smallest absolute Gasteiger partial charge is 0.356 e. The molecule has 6 nitrogen and oxygen atoms in total. The van der Waals surface area contributed by atoms with Crippen molar-refractivity contribution in [2.75, 3.05) is 6.61 Å². The molecule has 0 aliphatic carbocycles. The van der Waals surface area contributed by atoms with Crippen molar-refractivity contribution in [2.24, 2.45) is 0 Å². The first-order valence-electron chi connectivity index (χ1n) is 7.32. The summed E-state index contributed by atoms with van der Waals surface area (Å²) in [6.07, 6.45) is 1.55. The molecule has 2 heterocycles. The summed E-state index contributed by atoms with van der Waals surface area (Å²) < 4.78 is 7.12. The molecule has 0 spiro atoms. The number of hydrogen-bond donors (Lipinski definition) is 1. The molecule has 0 saturated heterocycles. The first-order valence-corrected chi connectivity index (χ1v) is 8.14. The normalized spacial score (nSPS) is 11.0. The van der Waals surface area contributed by atoms with Crippen molar-refractivity contribution in [1.29, 1.82) is 0 Å². The number of rotatable bonds is 6. The molecule has 2 aromatic heterocycles. The summed E-state index contributed by atoms with van der Waals surface area (Å²) in [5, 5.41) is 14.4. The highest BCUT2D eigenvalue weighted by Crippen LogP contribution is 2.20. The molecule has 0 saturated carbocycles. The zero-order valence-electron chi connectivity index (χ0n) is 12.9. The van der Waals surface area contributed by atoms with Crippen molar-refractivity contribution in [1.82, 2.24) is 14.6 Å². The molecule has 0 unspecified atom stereocenters. The van der Waals surface area contributed by atoms with Crippen LogP contribution in [0.5, 0.6) is 5.75 Å². The van der Waals surface area contributed by atoms with Crippen LogP contribution in [0.25, 0.3) is 4.96 Å². The Labute approximate surface area is 137 Å². The predicted octanol–water partition coefficient (Wildman–Crippen LogP) is 3.12. The SMILES string of the molecule is Cc1cccc(OCCCc2nn3c(C(=O)O)c(C)nc3s2)c1. The predicted molar refractivity (Wildman–Crippen MR) is 87.6 cm³/mol. The summed E-state index contributed by atoms with van der Waals surface area (Å²) in [5.74, 6) is -0.141. The lowest BCUT2D eigenvalue weighted by atomic mass is 10.2. The number of ether oxygens (including phenoxy) is 1. The topological polar surface area (TPSA) is 76.7 Å². The second-order valence-electron chi connectivity index (χ2n) is 5.31. The van der Waals surface area contributed by atoms with Crippen molar-refractivity contribution in [3.05, 3.63) is 46.2 Å². The number of aryl methyl sites for hydroxylation is 3. The van der Waals surface area contributed by atoms with E-state index in [0.717, 1.165) is 23.6 Å². The maximum atomic E-state index is 11.2. The van der Waals surface area contributed by atoms with E-state index >= 15 is 0 Å². The molecular formula is C16H17N3O3S. The van der Waals surface area contributed by atoms with Gasteiger partial charge < -0.3 is 9.84 Å². The number of carbonyl (C=O) groups is 1.